The van der Waals surface area contributed by atoms with Gasteiger partial charge in [0.1, 0.15) is 11.5 Å². The third-order valence-corrected chi connectivity index (χ3v) is 3.37. The molecular formula is C18H20N2O4. The molecule has 0 heterocycles. The standard InChI is InChI=1S/C18H20N2O4/c1-23-15-9-7-14(8-10-15)20(12-11-17(19)21)18(22)13-24-16-5-3-2-4-6-16/h2-10H,11-13H2,1H3,(H2,19,21). The summed E-state index contributed by atoms with van der Waals surface area (Å²) in [6, 6.07) is 16.1. The van der Waals surface area contributed by atoms with Gasteiger partial charge in [-0.3, -0.25) is 9.59 Å². The molecule has 0 aliphatic rings. The van der Waals surface area contributed by atoms with Crippen LogP contribution in [0.4, 0.5) is 5.69 Å². The number of primary amides is 1. The monoisotopic (exact) mass is 328 g/mol. The maximum Gasteiger partial charge on any atom is 0.264 e. The summed E-state index contributed by atoms with van der Waals surface area (Å²) in [5.41, 5.74) is 5.85. The number of nitrogens with zero attached hydrogens (tertiary/aromatic N) is 1. The smallest absolute Gasteiger partial charge is 0.264 e. The fourth-order valence-electron chi connectivity index (χ4n) is 2.12. The number of benzene rings is 2. The van der Waals surface area contributed by atoms with E-state index in [4.69, 9.17) is 15.2 Å². The molecule has 0 atom stereocenters. The van der Waals surface area contributed by atoms with Crippen LogP contribution in [0.1, 0.15) is 6.42 Å². The summed E-state index contributed by atoms with van der Waals surface area (Å²) in [5, 5.41) is 0. The molecule has 6 nitrogen and oxygen atoms in total. The quantitative estimate of drug-likeness (QED) is 0.803. The van der Waals surface area contributed by atoms with E-state index in [2.05, 4.69) is 0 Å². The Morgan fingerprint density at radius 1 is 1.00 bits per heavy atom. The van der Waals surface area contributed by atoms with E-state index in [9.17, 15) is 9.59 Å². The lowest BCUT2D eigenvalue weighted by molar-refractivity contribution is -0.120. The Kier molecular flexibility index (Phi) is 6.19. The highest BCUT2D eigenvalue weighted by atomic mass is 16.5. The van der Waals surface area contributed by atoms with Crippen LogP contribution in [0, 0.1) is 0 Å². The van der Waals surface area contributed by atoms with E-state index >= 15 is 0 Å². The molecule has 2 amide bonds. The highest BCUT2D eigenvalue weighted by Gasteiger charge is 2.17. The molecule has 0 saturated carbocycles. The number of anilines is 1. The Morgan fingerprint density at radius 2 is 1.67 bits per heavy atom. The second-order valence-corrected chi connectivity index (χ2v) is 5.06. The van der Waals surface area contributed by atoms with Crippen LogP contribution in [0.3, 0.4) is 0 Å². The van der Waals surface area contributed by atoms with Crippen LogP contribution in [-0.2, 0) is 9.59 Å². The molecule has 24 heavy (non-hydrogen) atoms. The van der Waals surface area contributed by atoms with Gasteiger partial charge in [0.2, 0.25) is 5.91 Å². The van der Waals surface area contributed by atoms with E-state index in [1.165, 1.54) is 4.90 Å². The summed E-state index contributed by atoms with van der Waals surface area (Å²) in [6.45, 7) is 0.0629. The lowest BCUT2D eigenvalue weighted by Gasteiger charge is -2.22. The molecule has 2 N–H and O–H groups in total. The van der Waals surface area contributed by atoms with Crippen LogP contribution >= 0.6 is 0 Å². The minimum Gasteiger partial charge on any atom is -0.497 e. The van der Waals surface area contributed by atoms with Gasteiger partial charge in [0, 0.05) is 18.7 Å². The molecule has 0 fully saturated rings. The molecule has 0 aliphatic carbocycles. The first-order valence-electron chi connectivity index (χ1n) is 7.50. The Hall–Kier alpha value is -3.02. The molecule has 126 valence electrons. The zero-order valence-electron chi connectivity index (χ0n) is 13.5. The second-order valence-electron chi connectivity index (χ2n) is 5.06. The molecule has 0 aliphatic heterocycles. The molecule has 0 spiro atoms. The van der Waals surface area contributed by atoms with Gasteiger partial charge in [-0.25, -0.2) is 0 Å². The minimum absolute atomic E-state index is 0.0725. The third kappa shape index (κ3) is 5.01. The summed E-state index contributed by atoms with van der Waals surface area (Å²) in [6.07, 6.45) is 0.0725. The van der Waals surface area contributed by atoms with Crippen LogP contribution in [0.5, 0.6) is 11.5 Å². The molecule has 2 aromatic carbocycles. The van der Waals surface area contributed by atoms with Crippen molar-refractivity contribution in [3.8, 4) is 11.5 Å². The lowest BCUT2D eigenvalue weighted by Crippen LogP contribution is -2.37. The van der Waals surface area contributed by atoms with Crippen molar-refractivity contribution in [2.24, 2.45) is 5.73 Å². The number of amides is 2. The van der Waals surface area contributed by atoms with Crippen molar-refractivity contribution in [1.82, 2.24) is 0 Å². The summed E-state index contributed by atoms with van der Waals surface area (Å²) < 4.78 is 10.6. The van der Waals surface area contributed by atoms with Crippen molar-refractivity contribution < 1.29 is 19.1 Å². The maximum atomic E-state index is 12.5. The normalized spacial score (nSPS) is 10.0. The number of hydrogen-bond acceptors (Lipinski definition) is 4. The van der Waals surface area contributed by atoms with Gasteiger partial charge in [0.05, 0.1) is 7.11 Å². The number of carbonyl (C=O) groups excluding carboxylic acids is 2. The van der Waals surface area contributed by atoms with Crippen molar-refractivity contribution in [3.05, 3.63) is 54.6 Å². The van der Waals surface area contributed by atoms with Gasteiger partial charge in [0.25, 0.3) is 5.91 Å². The van der Waals surface area contributed by atoms with Crippen molar-refractivity contribution in [3.63, 3.8) is 0 Å². The average Bonchev–Trinajstić information content (AvgIpc) is 2.61. The zero-order valence-corrected chi connectivity index (χ0v) is 13.5. The van der Waals surface area contributed by atoms with E-state index in [-0.39, 0.29) is 25.5 Å². The summed E-state index contributed by atoms with van der Waals surface area (Å²) in [4.78, 5) is 25.1. The van der Waals surface area contributed by atoms with E-state index in [1.807, 2.05) is 18.2 Å². The Labute approximate surface area is 140 Å². The molecular weight excluding hydrogens is 308 g/mol. The van der Waals surface area contributed by atoms with Crippen molar-refractivity contribution in [2.45, 2.75) is 6.42 Å². The number of methoxy groups -OCH3 is 1. The zero-order chi connectivity index (χ0) is 17.4. The van der Waals surface area contributed by atoms with Crippen LogP contribution < -0.4 is 20.1 Å². The Bertz CT molecular complexity index is 671. The largest absolute Gasteiger partial charge is 0.497 e. The van der Waals surface area contributed by atoms with Crippen molar-refractivity contribution in [1.29, 1.82) is 0 Å². The number of hydrogen-bond donors (Lipinski definition) is 1. The first-order valence-corrected chi connectivity index (χ1v) is 7.50. The van der Waals surface area contributed by atoms with Crippen LogP contribution in [0.15, 0.2) is 54.6 Å². The van der Waals surface area contributed by atoms with E-state index in [1.54, 1.807) is 43.5 Å². The summed E-state index contributed by atoms with van der Waals surface area (Å²) in [5.74, 6) is 0.563. The third-order valence-electron chi connectivity index (χ3n) is 3.37. The number of carbonyl (C=O) groups is 2. The van der Waals surface area contributed by atoms with Crippen LogP contribution in [0.25, 0.3) is 0 Å². The molecule has 2 aromatic rings. The van der Waals surface area contributed by atoms with Gasteiger partial charge in [0.15, 0.2) is 6.61 Å². The Morgan fingerprint density at radius 3 is 2.25 bits per heavy atom. The molecule has 0 radical (unpaired) electrons. The molecule has 0 saturated heterocycles. The molecule has 6 heteroatoms. The average molecular weight is 328 g/mol. The first-order chi connectivity index (χ1) is 11.6. The fourth-order valence-corrected chi connectivity index (χ4v) is 2.12. The predicted octanol–water partition coefficient (Wildman–Crippen LogP) is 1.98. The van der Waals surface area contributed by atoms with Gasteiger partial charge >= 0.3 is 0 Å². The highest BCUT2D eigenvalue weighted by molar-refractivity contribution is 5.95. The summed E-state index contributed by atoms with van der Waals surface area (Å²) in [7, 11) is 1.57. The second kappa shape index (κ2) is 8.57. The van der Waals surface area contributed by atoms with E-state index < -0.39 is 5.91 Å². The lowest BCUT2D eigenvalue weighted by atomic mass is 10.2. The minimum atomic E-state index is -0.467. The fraction of sp³-hybridized carbons (Fsp3) is 0.222. The van der Waals surface area contributed by atoms with Gasteiger partial charge in [-0.05, 0) is 36.4 Å². The van der Waals surface area contributed by atoms with E-state index in [0.29, 0.717) is 17.2 Å². The van der Waals surface area contributed by atoms with Crippen LogP contribution in [-0.4, -0.2) is 32.1 Å². The maximum absolute atomic E-state index is 12.5. The van der Waals surface area contributed by atoms with Crippen molar-refractivity contribution >= 4 is 17.5 Å². The summed E-state index contributed by atoms with van der Waals surface area (Å²) >= 11 is 0. The predicted molar refractivity (Wildman–Crippen MR) is 91.1 cm³/mol. The van der Waals surface area contributed by atoms with E-state index in [0.717, 1.165) is 0 Å². The first kappa shape index (κ1) is 17.3. The van der Waals surface area contributed by atoms with Gasteiger partial charge in [-0.1, -0.05) is 18.2 Å². The van der Waals surface area contributed by atoms with Gasteiger partial charge in [-0.15, -0.1) is 0 Å². The number of rotatable bonds is 8. The molecule has 0 aromatic heterocycles. The molecule has 0 unspecified atom stereocenters. The van der Waals surface area contributed by atoms with Gasteiger partial charge < -0.3 is 20.1 Å². The number of ether oxygens (including phenoxy) is 2. The van der Waals surface area contributed by atoms with Crippen LogP contribution in [0.2, 0.25) is 0 Å². The number of nitrogens with two attached hydrogens (primary N) is 1. The SMILES string of the molecule is COc1ccc(N(CCC(N)=O)C(=O)COc2ccccc2)cc1. The highest BCUT2D eigenvalue weighted by Crippen LogP contribution is 2.20. The number of para-hydroxylation sites is 1. The van der Waals surface area contributed by atoms with Crippen molar-refractivity contribution in [2.75, 3.05) is 25.2 Å². The Balaban J connectivity index is 2.08. The molecule has 0 bridgehead atoms. The van der Waals surface area contributed by atoms with Gasteiger partial charge in [-0.2, -0.15) is 0 Å². The molecule has 2 rings (SSSR count). The topological polar surface area (TPSA) is 81.9 Å².